The molecule has 4 rings (SSSR count). The van der Waals surface area contributed by atoms with Crippen molar-refractivity contribution in [1.82, 2.24) is 5.32 Å². The van der Waals surface area contributed by atoms with Crippen molar-refractivity contribution in [2.75, 3.05) is 10.7 Å². The second-order valence-electron chi connectivity index (χ2n) is 7.37. The molecule has 1 N–H and O–H groups in total. The number of amides is 3. The van der Waals surface area contributed by atoms with Gasteiger partial charge in [-0.15, -0.1) is 11.8 Å². The minimum absolute atomic E-state index is 0.0727. The molecule has 2 atom stereocenters. The molecule has 1 saturated heterocycles. The summed E-state index contributed by atoms with van der Waals surface area (Å²) in [6.07, 6.45) is 0.0883. The zero-order valence-electron chi connectivity index (χ0n) is 17.1. The number of carbonyl (C=O) groups excluding carboxylic acids is 3. The first-order valence-corrected chi connectivity index (χ1v) is 11.6. The number of para-hydroxylation sites is 1. The summed E-state index contributed by atoms with van der Waals surface area (Å²) in [5.74, 6) is -0.667. The van der Waals surface area contributed by atoms with Gasteiger partial charge >= 0.3 is 0 Å². The zero-order valence-corrected chi connectivity index (χ0v) is 18.7. The lowest BCUT2D eigenvalue weighted by atomic mass is 9.99. The maximum absolute atomic E-state index is 12.8. The van der Waals surface area contributed by atoms with Gasteiger partial charge in [-0.05, 0) is 35.4 Å². The van der Waals surface area contributed by atoms with Crippen LogP contribution in [0, 0.1) is 0 Å². The minimum Gasteiger partial charge on any atom is -0.344 e. The van der Waals surface area contributed by atoms with Gasteiger partial charge in [0.25, 0.3) is 0 Å². The van der Waals surface area contributed by atoms with Crippen molar-refractivity contribution in [2.45, 2.75) is 17.7 Å². The number of carbonyl (C=O) groups is 3. The second-order valence-corrected chi connectivity index (χ2v) is 9.00. The predicted molar refractivity (Wildman–Crippen MR) is 128 cm³/mol. The molecule has 1 heterocycles. The van der Waals surface area contributed by atoms with Crippen LogP contribution in [0.15, 0.2) is 84.9 Å². The Kier molecular flexibility index (Phi) is 6.93. The highest BCUT2D eigenvalue weighted by Gasteiger charge is 2.40. The number of rotatable bonds is 7. The molecule has 7 heteroatoms. The lowest BCUT2D eigenvalue weighted by Crippen LogP contribution is -2.33. The molecular weight excluding hydrogens is 444 g/mol. The molecule has 3 amide bonds. The first-order chi connectivity index (χ1) is 15.5. The third-order valence-corrected chi connectivity index (χ3v) is 6.63. The normalized spacial score (nSPS) is 16.8. The Balaban J connectivity index is 1.42. The fourth-order valence-electron chi connectivity index (χ4n) is 3.62. The van der Waals surface area contributed by atoms with Crippen LogP contribution in [0.25, 0.3) is 0 Å². The van der Waals surface area contributed by atoms with E-state index in [9.17, 15) is 14.4 Å². The molecular formula is C25H21ClN2O3S. The Hall–Kier alpha value is -3.09. The van der Waals surface area contributed by atoms with Gasteiger partial charge in [-0.2, -0.15) is 0 Å². The van der Waals surface area contributed by atoms with Gasteiger partial charge in [-0.25, -0.2) is 4.90 Å². The molecule has 3 aromatic carbocycles. The molecule has 0 unspecified atom stereocenters. The van der Waals surface area contributed by atoms with E-state index in [1.165, 1.54) is 16.7 Å². The minimum atomic E-state index is -0.570. The highest BCUT2D eigenvalue weighted by atomic mass is 35.5. The van der Waals surface area contributed by atoms with Gasteiger partial charge < -0.3 is 5.32 Å². The van der Waals surface area contributed by atoms with Crippen molar-refractivity contribution in [3.8, 4) is 0 Å². The lowest BCUT2D eigenvalue weighted by molar-refractivity contribution is -0.121. The molecule has 1 aliphatic rings. The molecule has 5 nitrogen and oxygen atoms in total. The Morgan fingerprint density at radius 1 is 0.938 bits per heavy atom. The molecule has 0 bridgehead atoms. The average molecular weight is 465 g/mol. The summed E-state index contributed by atoms with van der Waals surface area (Å²) < 4.78 is 0. The van der Waals surface area contributed by atoms with Crippen LogP contribution in [0.1, 0.15) is 23.6 Å². The first kappa shape index (κ1) is 22.1. The molecule has 32 heavy (non-hydrogen) atoms. The molecule has 0 spiro atoms. The van der Waals surface area contributed by atoms with Gasteiger partial charge in [-0.3, -0.25) is 14.4 Å². The number of imide groups is 1. The second kappa shape index (κ2) is 10.0. The van der Waals surface area contributed by atoms with Crippen LogP contribution < -0.4 is 10.2 Å². The van der Waals surface area contributed by atoms with Crippen LogP contribution in [0.4, 0.5) is 5.69 Å². The van der Waals surface area contributed by atoms with Gasteiger partial charge in [0.2, 0.25) is 17.7 Å². The summed E-state index contributed by atoms with van der Waals surface area (Å²) >= 11 is 7.21. The van der Waals surface area contributed by atoms with E-state index in [4.69, 9.17) is 11.6 Å². The number of hydrogen-bond acceptors (Lipinski definition) is 4. The summed E-state index contributed by atoms with van der Waals surface area (Å²) in [5.41, 5.74) is 2.40. The van der Waals surface area contributed by atoms with Crippen LogP contribution in [0.5, 0.6) is 0 Å². The molecule has 162 valence electrons. The third-order valence-electron chi connectivity index (χ3n) is 5.18. The van der Waals surface area contributed by atoms with Gasteiger partial charge in [0.05, 0.1) is 22.7 Å². The third kappa shape index (κ3) is 5.03. The van der Waals surface area contributed by atoms with Crippen molar-refractivity contribution >= 4 is 46.8 Å². The standard InChI is InChI=1S/C25H21ClN2O3S/c26-19-13-11-18(12-14-19)24(17-7-3-1-4-8-17)27-22(29)16-32-21-15-23(30)28(25(21)31)20-9-5-2-6-10-20/h1-14,21,24H,15-16H2,(H,27,29)/t21-,24+/m1/s1. The fourth-order valence-corrected chi connectivity index (χ4v) is 4.69. The van der Waals surface area contributed by atoms with E-state index in [0.29, 0.717) is 10.7 Å². The zero-order chi connectivity index (χ0) is 22.5. The van der Waals surface area contributed by atoms with E-state index in [1.807, 2.05) is 48.5 Å². The van der Waals surface area contributed by atoms with Crippen molar-refractivity contribution in [3.05, 3.63) is 101 Å². The van der Waals surface area contributed by atoms with Crippen LogP contribution in [0.2, 0.25) is 5.02 Å². The van der Waals surface area contributed by atoms with E-state index < -0.39 is 5.25 Å². The van der Waals surface area contributed by atoms with Gasteiger partial charge in [0, 0.05) is 11.4 Å². The Bertz CT molecular complexity index is 1110. The fraction of sp³-hybridized carbons (Fsp3) is 0.160. The van der Waals surface area contributed by atoms with Crippen molar-refractivity contribution in [3.63, 3.8) is 0 Å². The molecule has 0 aromatic heterocycles. The summed E-state index contributed by atoms with van der Waals surface area (Å²) in [6.45, 7) is 0. The molecule has 1 aliphatic heterocycles. The maximum atomic E-state index is 12.8. The van der Waals surface area contributed by atoms with Crippen molar-refractivity contribution < 1.29 is 14.4 Å². The number of benzene rings is 3. The smallest absolute Gasteiger partial charge is 0.247 e. The monoisotopic (exact) mass is 464 g/mol. The molecule has 0 aliphatic carbocycles. The summed E-state index contributed by atoms with van der Waals surface area (Å²) in [4.78, 5) is 39.2. The van der Waals surface area contributed by atoms with E-state index in [0.717, 1.165) is 11.1 Å². The molecule has 0 radical (unpaired) electrons. The number of anilines is 1. The first-order valence-electron chi connectivity index (χ1n) is 10.2. The number of halogens is 1. The van der Waals surface area contributed by atoms with Gasteiger partial charge in [0.15, 0.2) is 0 Å². The van der Waals surface area contributed by atoms with Crippen molar-refractivity contribution in [2.24, 2.45) is 0 Å². The molecule has 3 aromatic rings. The van der Waals surface area contributed by atoms with Gasteiger partial charge in [-0.1, -0.05) is 72.3 Å². The largest absolute Gasteiger partial charge is 0.344 e. The topological polar surface area (TPSA) is 66.5 Å². The van der Waals surface area contributed by atoms with Crippen LogP contribution in [0.3, 0.4) is 0 Å². The molecule has 0 saturated carbocycles. The summed E-state index contributed by atoms with van der Waals surface area (Å²) in [5, 5.41) is 3.10. The number of nitrogens with zero attached hydrogens (tertiary/aromatic N) is 1. The highest BCUT2D eigenvalue weighted by molar-refractivity contribution is 8.01. The summed E-state index contributed by atoms with van der Waals surface area (Å²) in [6, 6.07) is 25.5. The van der Waals surface area contributed by atoms with E-state index in [1.54, 1.807) is 36.4 Å². The van der Waals surface area contributed by atoms with Crippen molar-refractivity contribution in [1.29, 1.82) is 0 Å². The Labute approximate surface area is 195 Å². The highest BCUT2D eigenvalue weighted by Crippen LogP contribution is 2.30. The number of nitrogens with one attached hydrogen (secondary N) is 1. The van der Waals surface area contributed by atoms with Crippen LogP contribution in [-0.4, -0.2) is 28.7 Å². The summed E-state index contributed by atoms with van der Waals surface area (Å²) in [7, 11) is 0. The van der Waals surface area contributed by atoms with Crippen LogP contribution >= 0.6 is 23.4 Å². The predicted octanol–water partition coefficient (Wildman–Crippen LogP) is 4.61. The van der Waals surface area contributed by atoms with Gasteiger partial charge in [0.1, 0.15) is 0 Å². The van der Waals surface area contributed by atoms with E-state index in [-0.39, 0.29) is 35.9 Å². The SMILES string of the molecule is O=C(CS[C@@H]1CC(=O)N(c2ccccc2)C1=O)N[C@@H](c1ccccc1)c1ccc(Cl)cc1. The number of hydrogen-bond donors (Lipinski definition) is 1. The van der Waals surface area contributed by atoms with Crippen LogP contribution in [-0.2, 0) is 14.4 Å². The average Bonchev–Trinajstić information content (AvgIpc) is 3.11. The van der Waals surface area contributed by atoms with E-state index >= 15 is 0 Å². The maximum Gasteiger partial charge on any atom is 0.247 e. The number of thioether (sulfide) groups is 1. The Morgan fingerprint density at radius 2 is 1.53 bits per heavy atom. The quantitative estimate of drug-likeness (QED) is 0.518. The Morgan fingerprint density at radius 3 is 2.19 bits per heavy atom. The lowest BCUT2D eigenvalue weighted by Gasteiger charge is -2.20. The van der Waals surface area contributed by atoms with E-state index in [2.05, 4.69) is 5.32 Å². The molecule has 1 fully saturated rings.